The lowest BCUT2D eigenvalue weighted by atomic mass is 10.2. The Kier molecular flexibility index (Phi) is 5.72. The van der Waals surface area contributed by atoms with Gasteiger partial charge in [-0.25, -0.2) is 9.36 Å². The average molecular weight is 421 g/mol. The van der Waals surface area contributed by atoms with Crippen molar-refractivity contribution in [2.75, 3.05) is 13.1 Å². The summed E-state index contributed by atoms with van der Waals surface area (Å²) >= 11 is 0. The van der Waals surface area contributed by atoms with Crippen molar-refractivity contribution in [2.24, 2.45) is 0 Å². The van der Waals surface area contributed by atoms with Crippen LogP contribution in [0.2, 0.25) is 0 Å². The Labute approximate surface area is 182 Å². The lowest BCUT2D eigenvalue weighted by Crippen LogP contribution is -2.28. The number of fused-ring (bicyclic) bond motifs is 1. The van der Waals surface area contributed by atoms with E-state index in [4.69, 9.17) is 9.47 Å². The van der Waals surface area contributed by atoms with Crippen molar-refractivity contribution < 1.29 is 19.1 Å². The normalized spacial score (nSPS) is 14.1. The molecule has 0 spiro atoms. The summed E-state index contributed by atoms with van der Waals surface area (Å²) in [6.07, 6.45) is 1.70. The van der Waals surface area contributed by atoms with Crippen molar-refractivity contribution in [3.63, 3.8) is 0 Å². The van der Waals surface area contributed by atoms with Crippen LogP contribution in [0.3, 0.4) is 0 Å². The van der Waals surface area contributed by atoms with E-state index in [0.717, 1.165) is 36.8 Å². The molecule has 1 amide bonds. The lowest BCUT2D eigenvalue weighted by Gasteiger charge is -2.21. The summed E-state index contributed by atoms with van der Waals surface area (Å²) in [4.78, 5) is 27.2. The molecule has 1 aliphatic rings. The third kappa shape index (κ3) is 4.74. The average Bonchev–Trinajstić information content (AvgIpc) is 3.38. The monoisotopic (exact) mass is 420 g/mol. The van der Waals surface area contributed by atoms with Crippen LogP contribution in [0, 0.1) is 0 Å². The molecule has 1 aliphatic heterocycles. The van der Waals surface area contributed by atoms with Gasteiger partial charge in [0.1, 0.15) is 18.0 Å². The van der Waals surface area contributed by atoms with Crippen molar-refractivity contribution in [2.45, 2.75) is 45.8 Å². The van der Waals surface area contributed by atoms with E-state index in [1.807, 2.05) is 56.0 Å². The van der Waals surface area contributed by atoms with Crippen molar-refractivity contribution in [3.05, 3.63) is 65.9 Å². The number of nitrogens with zero attached hydrogens (tertiary/aromatic N) is 2. The number of hydrogen-bond donors (Lipinski definition) is 0. The van der Waals surface area contributed by atoms with Crippen LogP contribution in [-0.4, -0.2) is 40.2 Å². The second-order valence-electron chi connectivity index (χ2n) is 8.82. The van der Waals surface area contributed by atoms with Crippen molar-refractivity contribution in [1.82, 2.24) is 9.47 Å². The highest BCUT2D eigenvalue weighted by Crippen LogP contribution is 2.24. The molecular weight excluding hydrogens is 392 g/mol. The lowest BCUT2D eigenvalue weighted by molar-refractivity contribution is 0.0534. The third-order valence-corrected chi connectivity index (χ3v) is 5.24. The minimum absolute atomic E-state index is 0.0640. The number of rotatable bonds is 4. The summed E-state index contributed by atoms with van der Waals surface area (Å²) in [7, 11) is 0. The molecule has 6 heteroatoms. The molecular formula is C25H28N2O4. The molecule has 0 radical (unpaired) electrons. The summed E-state index contributed by atoms with van der Waals surface area (Å²) in [6, 6.07) is 16.8. The number of amides is 1. The van der Waals surface area contributed by atoms with E-state index in [-0.39, 0.29) is 12.5 Å². The van der Waals surface area contributed by atoms with Crippen LogP contribution in [0.4, 0.5) is 4.79 Å². The van der Waals surface area contributed by atoms with Crippen LogP contribution < -0.4 is 4.74 Å². The Morgan fingerprint density at radius 3 is 2.32 bits per heavy atom. The molecule has 31 heavy (non-hydrogen) atoms. The maximum absolute atomic E-state index is 12.9. The zero-order chi connectivity index (χ0) is 22.0. The Bertz CT molecular complexity index is 1090. The highest BCUT2D eigenvalue weighted by molar-refractivity contribution is 5.94. The SMILES string of the molecule is CC(C)(C)OC(=O)n1c(COc2ccc(C(=O)N3CCCC3)cc2)cc2ccccc21. The third-order valence-electron chi connectivity index (χ3n) is 5.24. The number of ether oxygens (including phenoxy) is 2. The van der Waals surface area contributed by atoms with Gasteiger partial charge >= 0.3 is 6.09 Å². The summed E-state index contributed by atoms with van der Waals surface area (Å²) in [6.45, 7) is 7.39. The zero-order valence-electron chi connectivity index (χ0n) is 18.3. The van der Waals surface area contributed by atoms with Crippen molar-refractivity contribution >= 4 is 22.9 Å². The highest BCUT2D eigenvalue weighted by Gasteiger charge is 2.22. The second kappa shape index (κ2) is 8.46. The van der Waals surface area contributed by atoms with Gasteiger partial charge in [0.15, 0.2) is 0 Å². The van der Waals surface area contributed by atoms with E-state index in [1.165, 1.54) is 0 Å². The maximum atomic E-state index is 12.9. The molecule has 0 aliphatic carbocycles. The van der Waals surface area contributed by atoms with Crippen molar-refractivity contribution in [1.29, 1.82) is 0 Å². The number of likely N-dealkylation sites (tertiary alicyclic amines) is 1. The Hall–Kier alpha value is -3.28. The van der Waals surface area contributed by atoms with Gasteiger partial charge < -0.3 is 14.4 Å². The quantitative estimate of drug-likeness (QED) is 0.579. The fraction of sp³-hybridized carbons (Fsp3) is 0.360. The van der Waals surface area contributed by atoms with Gasteiger partial charge in [0.25, 0.3) is 5.91 Å². The van der Waals surface area contributed by atoms with E-state index in [1.54, 1.807) is 28.8 Å². The molecule has 1 saturated heterocycles. The highest BCUT2D eigenvalue weighted by atomic mass is 16.6. The first kappa shape index (κ1) is 21.0. The molecule has 0 N–H and O–H groups in total. The first-order valence-electron chi connectivity index (χ1n) is 10.7. The molecule has 1 fully saturated rings. The smallest absolute Gasteiger partial charge is 0.419 e. The molecule has 0 atom stereocenters. The van der Waals surface area contributed by atoms with E-state index >= 15 is 0 Å². The molecule has 2 aromatic carbocycles. The molecule has 6 nitrogen and oxygen atoms in total. The molecule has 2 heterocycles. The minimum Gasteiger partial charge on any atom is -0.487 e. The summed E-state index contributed by atoms with van der Waals surface area (Å²) in [5.74, 6) is 0.702. The number of hydrogen-bond acceptors (Lipinski definition) is 4. The van der Waals surface area contributed by atoms with Gasteiger partial charge in [-0.3, -0.25) is 4.79 Å². The Balaban J connectivity index is 1.51. The van der Waals surface area contributed by atoms with Crippen LogP contribution in [0.5, 0.6) is 5.75 Å². The van der Waals surface area contributed by atoms with Gasteiger partial charge in [0.2, 0.25) is 0 Å². The van der Waals surface area contributed by atoms with E-state index in [0.29, 0.717) is 17.0 Å². The first-order chi connectivity index (χ1) is 14.8. The summed E-state index contributed by atoms with van der Waals surface area (Å²) in [5.41, 5.74) is 1.55. The molecule has 162 valence electrons. The first-order valence-corrected chi connectivity index (χ1v) is 10.7. The van der Waals surface area contributed by atoms with Crippen LogP contribution in [0.25, 0.3) is 10.9 Å². The standard InChI is InChI=1S/C25H28N2O4/c1-25(2,3)31-24(29)27-20(16-19-8-4-5-9-22(19)27)17-30-21-12-10-18(11-13-21)23(28)26-14-6-7-15-26/h4-5,8-13,16H,6-7,14-15,17H2,1-3H3. The molecule has 1 aromatic heterocycles. The van der Waals surface area contributed by atoms with Crippen LogP contribution >= 0.6 is 0 Å². The molecule has 0 saturated carbocycles. The predicted molar refractivity (Wildman–Crippen MR) is 119 cm³/mol. The molecule has 0 unspecified atom stereocenters. The van der Waals surface area contributed by atoms with E-state index in [2.05, 4.69) is 0 Å². The van der Waals surface area contributed by atoms with Crippen LogP contribution in [-0.2, 0) is 11.3 Å². The van der Waals surface area contributed by atoms with E-state index in [9.17, 15) is 9.59 Å². The molecule has 3 aromatic rings. The predicted octanol–water partition coefficient (Wildman–Crippen LogP) is 5.24. The minimum atomic E-state index is -0.599. The Morgan fingerprint density at radius 1 is 0.968 bits per heavy atom. The number of aromatic nitrogens is 1. The van der Waals surface area contributed by atoms with Crippen molar-refractivity contribution in [3.8, 4) is 5.75 Å². The molecule has 0 bridgehead atoms. The van der Waals surface area contributed by atoms with Gasteiger partial charge in [0.05, 0.1) is 11.2 Å². The van der Waals surface area contributed by atoms with Gasteiger partial charge in [-0.1, -0.05) is 18.2 Å². The Morgan fingerprint density at radius 2 is 1.65 bits per heavy atom. The maximum Gasteiger partial charge on any atom is 0.419 e. The fourth-order valence-corrected chi connectivity index (χ4v) is 3.80. The van der Waals surface area contributed by atoms with Gasteiger partial charge in [-0.05, 0) is 70.0 Å². The second-order valence-corrected chi connectivity index (χ2v) is 8.82. The van der Waals surface area contributed by atoms with Crippen LogP contribution in [0.1, 0.15) is 49.7 Å². The van der Waals surface area contributed by atoms with Gasteiger partial charge in [-0.15, -0.1) is 0 Å². The topological polar surface area (TPSA) is 60.8 Å². The van der Waals surface area contributed by atoms with Gasteiger partial charge in [-0.2, -0.15) is 0 Å². The van der Waals surface area contributed by atoms with Gasteiger partial charge in [0, 0.05) is 24.0 Å². The number of carbonyl (C=O) groups is 2. The fourth-order valence-electron chi connectivity index (χ4n) is 3.80. The number of para-hydroxylation sites is 1. The molecule has 4 rings (SSSR count). The number of benzene rings is 2. The number of carbonyl (C=O) groups excluding carboxylic acids is 2. The summed E-state index contributed by atoms with van der Waals surface area (Å²) < 4.78 is 13.1. The largest absolute Gasteiger partial charge is 0.487 e. The van der Waals surface area contributed by atoms with E-state index < -0.39 is 11.7 Å². The zero-order valence-corrected chi connectivity index (χ0v) is 18.3. The summed E-state index contributed by atoms with van der Waals surface area (Å²) in [5, 5.41) is 0.943. The van der Waals surface area contributed by atoms with Crippen LogP contribution in [0.15, 0.2) is 54.6 Å².